The van der Waals surface area contributed by atoms with Crippen LogP contribution >= 0.6 is 0 Å². The van der Waals surface area contributed by atoms with Crippen molar-refractivity contribution in [1.82, 2.24) is 8.97 Å². The number of aromatic nitrogens is 2. The van der Waals surface area contributed by atoms with Crippen LogP contribution in [0.1, 0.15) is 158 Å². The van der Waals surface area contributed by atoms with Crippen LogP contribution in [0.25, 0.3) is 65.6 Å². The smallest absolute Gasteiger partial charge is 0.0995 e. The van der Waals surface area contributed by atoms with Gasteiger partial charge >= 0.3 is 0 Å². The van der Waals surface area contributed by atoms with Crippen LogP contribution in [0.4, 0.5) is 0 Å². The first kappa shape index (κ1) is 29.1. The highest BCUT2D eigenvalue weighted by molar-refractivity contribution is 6.30. The van der Waals surface area contributed by atoms with Crippen molar-refractivity contribution in [2.45, 2.75) is 114 Å². The average Bonchev–Trinajstić information content (AvgIpc) is 3.84. The molecule has 6 aliphatic carbocycles. The van der Waals surface area contributed by atoms with Crippen LogP contribution in [-0.4, -0.2) is 8.97 Å². The van der Waals surface area contributed by atoms with Crippen molar-refractivity contribution in [2.75, 3.05) is 0 Å². The van der Waals surface area contributed by atoms with Gasteiger partial charge in [-0.2, -0.15) is 10.5 Å². The molecular weight excluding hydrogens is 657 g/mol. The van der Waals surface area contributed by atoms with Gasteiger partial charge in [0.05, 0.1) is 56.5 Å². The van der Waals surface area contributed by atoms with E-state index < -0.39 is 0 Å². The van der Waals surface area contributed by atoms with Crippen molar-refractivity contribution in [3.8, 4) is 17.8 Å². The Kier molecular flexibility index (Phi) is 4.74. The number of para-hydroxylation sites is 2. The van der Waals surface area contributed by atoms with E-state index in [1.165, 1.54) is 161 Å². The summed E-state index contributed by atoms with van der Waals surface area (Å²) in [6, 6.07) is 24.2. The second kappa shape index (κ2) is 8.80. The monoisotopic (exact) mass is 696 g/mol. The summed E-state index contributed by atoms with van der Waals surface area (Å²) in [6.07, 6.45) is 9.59. The van der Waals surface area contributed by atoms with Gasteiger partial charge in [-0.1, -0.05) is 64.1 Å². The van der Waals surface area contributed by atoms with Crippen molar-refractivity contribution in [3.05, 3.63) is 104 Å². The molecule has 0 saturated heterocycles. The summed E-state index contributed by atoms with van der Waals surface area (Å²) in [5.74, 6) is 1.87. The van der Waals surface area contributed by atoms with E-state index in [9.17, 15) is 10.5 Å². The zero-order valence-corrected chi connectivity index (χ0v) is 31.4. The third-order valence-electron chi connectivity index (χ3n) is 16.4. The summed E-state index contributed by atoms with van der Waals surface area (Å²) in [4.78, 5) is 0. The molecule has 5 heterocycles. The van der Waals surface area contributed by atoms with E-state index in [2.05, 4.69) is 97.3 Å². The van der Waals surface area contributed by atoms with Gasteiger partial charge in [-0.15, -0.1) is 0 Å². The Morgan fingerprint density at radius 3 is 1.35 bits per heavy atom. The molecule has 2 fully saturated rings. The fraction of sp³-hybridized carbons (Fsp3) is 0.360. The van der Waals surface area contributed by atoms with Gasteiger partial charge in [0.1, 0.15) is 0 Å². The third-order valence-corrected chi connectivity index (χ3v) is 16.4. The van der Waals surface area contributed by atoms with Crippen molar-refractivity contribution >= 4 is 59.9 Å². The fourth-order valence-electron chi connectivity index (χ4n) is 14.4. The minimum Gasteiger partial charge on any atom is -0.308 e. The Labute approximate surface area is 313 Å². The maximum atomic E-state index is 10.9. The predicted octanol–water partition coefficient (Wildman–Crippen LogP) is 12.5. The van der Waals surface area contributed by atoms with Crippen LogP contribution in [0.15, 0.2) is 48.5 Å². The SMILES string of the molecule is CC1(C)c2c3c(c4c5c6c(c(C#N)cc5n5c7cc(C#N)c8c(c7c2c45)C2CCC8CC2)C2CCC6CC2)C(C)(C)c2cccc4c5cccc1c5n-3c24. The molecule has 0 N–H and O–H groups in total. The minimum atomic E-state index is -0.279. The number of nitrogens with zero attached hydrogens (tertiary/aromatic N) is 4. The minimum absolute atomic E-state index is 0.279. The summed E-state index contributed by atoms with van der Waals surface area (Å²) >= 11 is 0. The number of benzene rings is 5. The number of fused-ring (bicyclic) bond motifs is 13. The molecule has 54 heavy (non-hydrogen) atoms. The van der Waals surface area contributed by atoms with Gasteiger partial charge in [-0.05, 0) is 132 Å². The molecule has 8 aliphatic rings. The maximum absolute atomic E-state index is 10.9. The van der Waals surface area contributed by atoms with Gasteiger partial charge in [0.2, 0.25) is 0 Å². The highest BCUT2D eigenvalue weighted by Crippen LogP contribution is 2.64. The number of hydrogen-bond acceptors (Lipinski definition) is 2. The molecule has 4 bridgehead atoms. The molecule has 0 radical (unpaired) electrons. The van der Waals surface area contributed by atoms with E-state index in [0.29, 0.717) is 23.7 Å². The van der Waals surface area contributed by atoms with E-state index in [1.54, 1.807) is 0 Å². The van der Waals surface area contributed by atoms with Gasteiger partial charge in [-0.3, -0.25) is 0 Å². The molecular formula is C50H40N4. The lowest BCUT2D eigenvalue weighted by molar-refractivity contribution is 0.360. The first-order chi connectivity index (χ1) is 26.3. The molecule has 0 spiro atoms. The Hall–Kier alpha value is -5.32. The molecule has 5 aromatic carbocycles. The first-order valence-electron chi connectivity index (χ1n) is 20.6. The maximum Gasteiger partial charge on any atom is 0.0995 e. The Morgan fingerprint density at radius 2 is 0.944 bits per heavy atom. The predicted molar refractivity (Wildman–Crippen MR) is 217 cm³/mol. The zero-order chi connectivity index (χ0) is 35.9. The molecule has 260 valence electrons. The normalized spacial score (nSPS) is 24.7. The molecule has 0 amide bonds. The molecule has 2 saturated carbocycles. The summed E-state index contributed by atoms with van der Waals surface area (Å²) in [7, 11) is 0. The standard InChI is InChI=1S/C50H40N4/c1-49(2)31-9-5-7-29-30-8-6-10-32-46(30)54(45(29)31)48-43(49)41-39-33(19-27(21-51)35-23-11-15-25(16-12-23)37(35)39)53-34-20-28(22-52)36-24-13-17-26(18-14-24)38(36)40(34)42(47(41)53)44(48)50(32,3)4/h5-10,19-20,23-26H,11-18H2,1-4H3. The lowest BCUT2D eigenvalue weighted by Crippen LogP contribution is -2.34. The topological polar surface area (TPSA) is 56.9 Å². The highest BCUT2D eigenvalue weighted by Gasteiger charge is 2.49. The lowest BCUT2D eigenvalue weighted by Gasteiger charge is -2.44. The summed E-state index contributed by atoms with van der Waals surface area (Å²) < 4.78 is 5.31. The van der Waals surface area contributed by atoms with Gasteiger partial charge in [-0.25, -0.2) is 0 Å². The molecule has 0 unspecified atom stereocenters. The molecule has 4 heteroatoms. The average molecular weight is 697 g/mol. The zero-order valence-electron chi connectivity index (χ0n) is 31.4. The van der Waals surface area contributed by atoms with Gasteiger partial charge in [0, 0.05) is 43.1 Å². The van der Waals surface area contributed by atoms with Crippen LogP contribution in [-0.2, 0) is 10.8 Å². The molecule has 3 aromatic heterocycles. The van der Waals surface area contributed by atoms with Crippen LogP contribution in [0, 0.1) is 22.7 Å². The molecule has 0 atom stereocenters. The second-order valence-electron chi connectivity index (χ2n) is 19.1. The van der Waals surface area contributed by atoms with E-state index in [0.717, 1.165) is 11.1 Å². The van der Waals surface area contributed by atoms with Crippen LogP contribution in [0.2, 0.25) is 0 Å². The van der Waals surface area contributed by atoms with E-state index in [1.807, 2.05) is 0 Å². The number of rotatable bonds is 0. The van der Waals surface area contributed by atoms with E-state index >= 15 is 0 Å². The van der Waals surface area contributed by atoms with E-state index in [4.69, 9.17) is 0 Å². The molecule has 16 rings (SSSR count). The summed E-state index contributed by atoms with van der Waals surface area (Å²) in [5.41, 5.74) is 20.4. The van der Waals surface area contributed by atoms with E-state index in [-0.39, 0.29) is 10.8 Å². The quantitative estimate of drug-likeness (QED) is 0.158. The summed E-state index contributed by atoms with van der Waals surface area (Å²) in [5, 5.41) is 30.2. The molecule has 8 aromatic rings. The molecule has 4 nitrogen and oxygen atoms in total. The van der Waals surface area contributed by atoms with Crippen LogP contribution in [0.3, 0.4) is 0 Å². The Morgan fingerprint density at radius 1 is 0.537 bits per heavy atom. The largest absolute Gasteiger partial charge is 0.308 e. The van der Waals surface area contributed by atoms with Crippen molar-refractivity contribution in [2.24, 2.45) is 0 Å². The summed E-state index contributed by atoms with van der Waals surface area (Å²) in [6.45, 7) is 9.97. The van der Waals surface area contributed by atoms with Crippen LogP contribution in [0.5, 0.6) is 0 Å². The van der Waals surface area contributed by atoms with Crippen molar-refractivity contribution < 1.29 is 0 Å². The van der Waals surface area contributed by atoms with Crippen molar-refractivity contribution in [3.63, 3.8) is 0 Å². The highest BCUT2D eigenvalue weighted by atomic mass is 15.0. The lowest BCUT2D eigenvalue weighted by atomic mass is 9.62. The van der Waals surface area contributed by atoms with Gasteiger partial charge in [0.25, 0.3) is 0 Å². The second-order valence-corrected chi connectivity index (χ2v) is 19.1. The third kappa shape index (κ3) is 2.80. The van der Waals surface area contributed by atoms with Gasteiger partial charge in [0.15, 0.2) is 0 Å². The van der Waals surface area contributed by atoms with Crippen LogP contribution < -0.4 is 0 Å². The fourth-order valence-corrected chi connectivity index (χ4v) is 14.4. The Bertz CT molecular complexity index is 3050. The number of hydrogen-bond donors (Lipinski definition) is 0. The van der Waals surface area contributed by atoms with Crippen molar-refractivity contribution in [1.29, 1.82) is 10.5 Å². The first-order valence-corrected chi connectivity index (χ1v) is 20.6. The number of nitriles is 2. The van der Waals surface area contributed by atoms with Gasteiger partial charge < -0.3 is 8.97 Å². The Balaban J connectivity index is 1.36. The molecule has 2 aliphatic heterocycles.